The molecule has 1 unspecified atom stereocenters. The first-order valence-corrected chi connectivity index (χ1v) is 13.4. The van der Waals surface area contributed by atoms with Gasteiger partial charge in [0.25, 0.3) is 0 Å². The first-order chi connectivity index (χ1) is 15.3. The van der Waals surface area contributed by atoms with Gasteiger partial charge in [-0.05, 0) is 68.5 Å². The van der Waals surface area contributed by atoms with Gasteiger partial charge in [0.1, 0.15) is 0 Å². The summed E-state index contributed by atoms with van der Waals surface area (Å²) in [5, 5.41) is 0.649. The summed E-state index contributed by atoms with van der Waals surface area (Å²) in [6, 6.07) is 12.5. The molecule has 0 N–H and O–H groups in total. The SMILES string of the molecule is Cc1cc2nc(N(CC3CCCO3)C(=O)CCCS(=O)(=O)c3ccccc3)sc2cc1C. The molecule has 6 nitrogen and oxygen atoms in total. The summed E-state index contributed by atoms with van der Waals surface area (Å²) in [6.45, 7) is 5.27. The van der Waals surface area contributed by atoms with Crippen molar-refractivity contribution in [3.63, 3.8) is 0 Å². The van der Waals surface area contributed by atoms with Crippen LogP contribution in [-0.2, 0) is 19.4 Å². The number of aromatic nitrogens is 1. The molecule has 2 aromatic carbocycles. The molecule has 4 rings (SSSR count). The zero-order valence-electron chi connectivity index (χ0n) is 18.4. The molecular weight excluding hydrogens is 444 g/mol. The Hall–Kier alpha value is -2.29. The summed E-state index contributed by atoms with van der Waals surface area (Å²) >= 11 is 1.50. The third-order valence-electron chi connectivity index (χ3n) is 5.84. The van der Waals surface area contributed by atoms with Crippen LogP contribution in [0.15, 0.2) is 47.4 Å². The Kier molecular flexibility index (Phi) is 6.93. The maximum Gasteiger partial charge on any atom is 0.228 e. The van der Waals surface area contributed by atoms with E-state index in [1.54, 1.807) is 35.2 Å². The Labute approximate surface area is 193 Å². The Morgan fingerprint density at radius 1 is 1.19 bits per heavy atom. The first-order valence-electron chi connectivity index (χ1n) is 10.9. The second kappa shape index (κ2) is 9.68. The number of rotatable bonds is 8. The maximum atomic E-state index is 13.2. The van der Waals surface area contributed by atoms with Gasteiger partial charge in [-0.15, -0.1) is 0 Å². The van der Waals surface area contributed by atoms with Crippen molar-refractivity contribution >= 4 is 42.4 Å². The fraction of sp³-hybridized carbons (Fsp3) is 0.417. The van der Waals surface area contributed by atoms with E-state index in [9.17, 15) is 13.2 Å². The van der Waals surface area contributed by atoms with Gasteiger partial charge < -0.3 is 4.74 Å². The van der Waals surface area contributed by atoms with Gasteiger partial charge in [0.15, 0.2) is 15.0 Å². The normalized spacial score (nSPS) is 16.5. The minimum Gasteiger partial charge on any atom is -0.376 e. The van der Waals surface area contributed by atoms with Crippen LogP contribution in [0, 0.1) is 13.8 Å². The monoisotopic (exact) mass is 472 g/mol. The molecule has 1 aliphatic heterocycles. The third kappa shape index (κ3) is 5.19. The first kappa shape index (κ1) is 22.9. The number of carbonyl (C=O) groups excluding carboxylic acids is 1. The lowest BCUT2D eigenvalue weighted by Crippen LogP contribution is -2.37. The largest absolute Gasteiger partial charge is 0.376 e. The number of carbonyl (C=O) groups is 1. The quantitative estimate of drug-likeness (QED) is 0.476. The van der Waals surface area contributed by atoms with Gasteiger partial charge in [0.05, 0.1) is 33.5 Å². The molecule has 1 aromatic heterocycles. The molecule has 1 fully saturated rings. The predicted molar refractivity (Wildman–Crippen MR) is 128 cm³/mol. The fourth-order valence-corrected chi connectivity index (χ4v) is 6.26. The summed E-state index contributed by atoms with van der Waals surface area (Å²) in [4.78, 5) is 19.9. The van der Waals surface area contributed by atoms with Crippen molar-refractivity contribution in [2.75, 3.05) is 23.8 Å². The van der Waals surface area contributed by atoms with Gasteiger partial charge in [-0.2, -0.15) is 0 Å². The van der Waals surface area contributed by atoms with E-state index in [-0.39, 0.29) is 30.6 Å². The number of nitrogens with zero attached hydrogens (tertiary/aromatic N) is 2. The van der Waals surface area contributed by atoms with E-state index in [4.69, 9.17) is 9.72 Å². The molecule has 0 aliphatic carbocycles. The van der Waals surface area contributed by atoms with Crippen molar-refractivity contribution in [3.05, 3.63) is 53.6 Å². The Morgan fingerprint density at radius 3 is 2.66 bits per heavy atom. The smallest absolute Gasteiger partial charge is 0.228 e. The van der Waals surface area contributed by atoms with Crippen LogP contribution in [0.4, 0.5) is 5.13 Å². The number of thiazole rings is 1. The van der Waals surface area contributed by atoms with E-state index in [0.717, 1.165) is 28.6 Å². The topological polar surface area (TPSA) is 76.6 Å². The second-order valence-electron chi connectivity index (χ2n) is 8.28. The Morgan fingerprint density at radius 2 is 1.94 bits per heavy atom. The van der Waals surface area contributed by atoms with Crippen molar-refractivity contribution < 1.29 is 17.9 Å². The molecule has 32 heavy (non-hydrogen) atoms. The number of hydrogen-bond donors (Lipinski definition) is 0. The number of sulfone groups is 1. The minimum atomic E-state index is -3.41. The van der Waals surface area contributed by atoms with Crippen LogP contribution in [0.25, 0.3) is 10.2 Å². The molecule has 1 aliphatic rings. The second-order valence-corrected chi connectivity index (χ2v) is 11.4. The summed E-state index contributed by atoms with van der Waals surface area (Å²) < 4.78 is 31.9. The summed E-state index contributed by atoms with van der Waals surface area (Å²) in [5.74, 6) is -0.175. The van der Waals surface area contributed by atoms with Crippen molar-refractivity contribution in [1.29, 1.82) is 0 Å². The average molecular weight is 473 g/mol. The molecule has 2 heterocycles. The van der Waals surface area contributed by atoms with E-state index in [1.165, 1.54) is 16.9 Å². The lowest BCUT2D eigenvalue weighted by atomic mass is 10.1. The number of benzene rings is 2. The van der Waals surface area contributed by atoms with Crippen molar-refractivity contribution in [1.82, 2.24) is 4.98 Å². The fourth-order valence-electron chi connectivity index (χ4n) is 3.86. The van der Waals surface area contributed by atoms with Crippen LogP contribution in [-0.4, -0.2) is 44.3 Å². The number of ether oxygens (including phenoxy) is 1. The van der Waals surface area contributed by atoms with E-state index in [2.05, 4.69) is 19.9 Å². The molecule has 0 radical (unpaired) electrons. The van der Waals surface area contributed by atoms with Crippen molar-refractivity contribution in [2.45, 2.75) is 50.5 Å². The van der Waals surface area contributed by atoms with Crippen molar-refractivity contribution in [2.24, 2.45) is 0 Å². The van der Waals surface area contributed by atoms with Crippen LogP contribution in [0.1, 0.15) is 36.8 Å². The highest BCUT2D eigenvalue weighted by molar-refractivity contribution is 7.91. The highest BCUT2D eigenvalue weighted by Crippen LogP contribution is 2.32. The van der Waals surface area contributed by atoms with Gasteiger partial charge in [0, 0.05) is 13.0 Å². The molecular formula is C24H28N2O4S2. The number of amides is 1. The van der Waals surface area contributed by atoms with Crippen LogP contribution in [0.2, 0.25) is 0 Å². The standard InChI is InChI=1S/C24H28N2O4S2/c1-17-14-21-22(15-18(17)2)31-24(25-21)26(16-19-8-6-12-30-19)23(27)11-7-13-32(28,29)20-9-4-3-5-10-20/h3-5,9-10,14-15,19H,6-8,11-13,16H2,1-2H3. The molecule has 0 spiro atoms. The number of hydrogen-bond acceptors (Lipinski definition) is 6. The van der Waals surface area contributed by atoms with E-state index in [0.29, 0.717) is 23.2 Å². The molecule has 0 bridgehead atoms. The Balaban J connectivity index is 1.50. The molecule has 0 saturated carbocycles. The number of fused-ring (bicyclic) bond motifs is 1. The van der Waals surface area contributed by atoms with Gasteiger partial charge >= 0.3 is 0 Å². The molecule has 3 aromatic rings. The zero-order chi connectivity index (χ0) is 22.7. The molecule has 8 heteroatoms. The van der Waals surface area contributed by atoms with E-state index < -0.39 is 9.84 Å². The van der Waals surface area contributed by atoms with Crippen LogP contribution in [0.5, 0.6) is 0 Å². The predicted octanol–water partition coefficient (Wildman–Crippen LogP) is 4.68. The zero-order valence-corrected chi connectivity index (χ0v) is 20.0. The highest BCUT2D eigenvalue weighted by Gasteiger charge is 2.26. The van der Waals surface area contributed by atoms with E-state index >= 15 is 0 Å². The van der Waals surface area contributed by atoms with Gasteiger partial charge in [-0.1, -0.05) is 29.5 Å². The maximum absolute atomic E-state index is 13.2. The van der Waals surface area contributed by atoms with Gasteiger partial charge in [0.2, 0.25) is 5.91 Å². The lowest BCUT2D eigenvalue weighted by molar-refractivity contribution is -0.119. The van der Waals surface area contributed by atoms with Crippen LogP contribution < -0.4 is 4.90 Å². The molecule has 1 saturated heterocycles. The number of anilines is 1. The summed E-state index contributed by atoms with van der Waals surface area (Å²) in [5.41, 5.74) is 3.23. The van der Waals surface area contributed by atoms with Crippen LogP contribution >= 0.6 is 11.3 Å². The third-order valence-corrected chi connectivity index (χ3v) is 8.70. The molecule has 1 atom stereocenters. The van der Waals surface area contributed by atoms with E-state index in [1.807, 2.05) is 6.07 Å². The molecule has 170 valence electrons. The van der Waals surface area contributed by atoms with Crippen molar-refractivity contribution in [3.8, 4) is 0 Å². The average Bonchev–Trinajstić information content (AvgIpc) is 3.42. The minimum absolute atomic E-state index is 0.0116. The highest BCUT2D eigenvalue weighted by atomic mass is 32.2. The molecule has 1 amide bonds. The lowest BCUT2D eigenvalue weighted by Gasteiger charge is -2.23. The van der Waals surface area contributed by atoms with Crippen LogP contribution in [0.3, 0.4) is 0 Å². The Bertz CT molecular complexity index is 1160. The number of aryl methyl sites for hydroxylation is 2. The van der Waals surface area contributed by atoms with Gasteiger partial charge in [-0.25, -0.2) is 13.4 Å². The van der Waals surface area contributed by atoms with Gasteiger partial charge in [-0.3, -0.25) is 9.69 Å². The summed E-state index contributed by atoms with van der Waals surface area (Å²) in [6.07, 6.45) is 2.30. The summed E-state index contributed by atoms with van der Waals surface area (Å²) in [7, 11) is -3.41.